The fraction of sp³-hybridized carbons (Fsp3) is 0.412. The standard InChI is InChI=1S/C17H20N2O3/c20-16-15(11-18-16)19-17(21)22-14-8-6-13(7-9-14)10-12-4-2-1-3-5-12/h1-5,10,14-15H,6-9,11H2,(H,18,20)(H,19,21)/t14?,15-/m1/s1. The van der Waals surface area contributed by atoms with Crippen LogP contribution in [0.3, 0.4) is 0 Å². The summed E-state index contributed by atoms with van der Waals surface area (Å²) in [5, 5.41) is 5.16. The van der Waals surface area contributed by atoms with Crippen molar-refractivity contribution < 1.29 is 14.3 Å². The summed E-state index contributed by atoms with van der Waals surface area (Å²) in [6.45, 7) is 0.489. The van der Waals surface area contributed by atoms with E-state index in [1.807, 2.05) is 18.2 Å². The third-order valence-corrected chi connectivity index (χ3v) is 4.11. The summed E-state index contributed by atoms with van der Waals surface area (Å²) in [5.74, 6) is -0.145. The second kappa shape index (κ2) is 6.64. The van der Waals surface area contributed by atoms with Gasteiger partial charge in [0, 0.05) is 6.54 Å². The van der Waals surface area contributed by atoms with E-state index in [0.29, 0.717) is 6.54 Å². The fourth-order valence-electron chi connectivity index (χ4n) is 2.74. The highest BCUT2D eigenvalue weighted by Crippen LogP contribution is 2.27. The Kier molecular flexibility index (Phi) is 4.42. The van der Waals surface area contributed by atoms with Gasteiger partial charge in [-0.15, -0.1) is 0 Å². The molecule has 2 aliphatic rings. The average molecular weight is 300 g/mol. The molecule has 2 fully saturated rings. The first-order valence-corrected chi connectivity index (χ1v) is 7.70. The molecule has 1 aromatic carbocycles. The van der Waals surface area contributed by atoms with Crippen molar-refractivity contribution in [1.29, 1.82) is 0 Å². The SMILES string of the molecule is O=C(N[C@@H]1CNC1=O)OC1CCC(=Cc2ccccc2)CC1. The molecule has 5 heteroatoms. The topological polar surface area (TPSA) is 67.4 Å². The Labute approximate surface area is 129 Å². The molecule has 22 heavy (non-hydrogen) atoms. The number of nitrogens with one attached hydrogen (secondary N) is 2. The minimum absolute atomic E-state index is 0.0592. The highest BCUT2D eigenvalue weighted by molar-refractivity contribution is 5.90. The quantitative estimate of drug-likeness (QED) is 0.841. The van der Waals surface area contributed by atoms with Crippen LogP contribution in [0.25, 0.3) is 6.08 Å². The smallest absolute Gasteiger partial charge is 0.408 e. The molecule has 0 radical (unpaired) electrons. The minimum Gasteiger partial charge on any atom is -0.446 e. The van der Waals surface area contributed by atoms with Crippen LogP contribution in [0.4, 0.5) is 4.79 Å². The molecule has 1 aliphatic heterocycles. The Hall–Kier alpha value is -2.30. The molecular weight excluding hydrogens is 280 g/mol. The maximum absolute atomic E-state index is 11.7. The van der Waals surface area contributed by atoms with Crippen molar-refractivity contribution in [2.24, 2.45) is 0 Å². The number of carbonyl (C=O) groups is 2. The van der Waals surface area contributed by atoms with Crippen molar-refractivity contribution in [2.45, 2.75) is 37.8 Å². The van der Waals surface area contributed by atoms with E-state index >= 15 is 0 Å². The lowest BCUT2D eigenvalue weighted by molar-refractivity contribution is -0.128. The molecule has 1 saturated carbocycles. The van der Waals surface area contributed by atoms with Gasteiger partial charge in [-0.3, -0.25) is 4.79 Å². The van der Waals surface area contributed by atoms with E-state index in [0.717, 1.165) is 25.7 Å². The van der Waals surface area contributed by atoms with Gasteiger partial charge in [0.1, 0.15) is 12.1 Å². The van der Waals surface area contributed by atoms with Gasteiger partial charge >= 0.3 is 6.09 Å². The normalized spacial score (nSPS) is 24.0. The summed E-state index contributed by atoms with van der Waals surface area (Å²) in [5.41, 5.74) is 2.61. The molecule has 116 valence electrons. The van der Waals surface area contributed by atoms with Crippen LogP contribution in [-0.2, 0) is 9.53 Å². The second-order valence-electron chi connectivity index (χ2n) is 5.76. The summed E-state index contributed by atoms with van der Waals surface area (Å²) in [4.78, 5) is 22.8. The average Bonchev–Trinajstić information content (AvgIpc) is 2.54. The highest BCUT2D eigenvalue weighted by atomic mass is 16.6. The maximum Gasteiger partial charge on any atom is 0.408 e. The molecule has 3 rings (SSSR count). The van der Waals surface area contributed by atoms with Crippen LogP contribution in [-0.4, -0.2) is 30.7 Å². The van der Waals surface area contributed by atoms with Gasteiger partial charge in [0.25, 0.3) is 0 Å². The minimum atomic E-state index is -0.486. The number of rotatable bonds is 3. The molecule has 2 N–H and O–H groups in total. The first kappa shape index (κ1) is 14.6. The summed E-state index contributed by atoms with van der Waals surface area (Å²) >= 11 is 0. The Morgan fingerprint density at radius 1 is 1.23 bits per heavy atom. The summed E-state index contributed by atoms with van der Waals surface area (Å²) in [7, 11) is 0. The third-order valence-electron chi connectivity index (χ3n) is 4.11. The molecule has 0 aromatic heterocycles. The van der Waals surface area contributed by atoms with Crippen molar-refractivity contribution in [2.75, 3.05) is 6.54 Å². The van der Waals surface area contributed by atoms with E-state index in [1.165, 1.54) is 11.1 Å². The number of alkyl carbamates (subject to hydrolysis) is 1. The lowest BCUT2D eigenvalue weighted by Gasteiger charge is -2.28. The van der Waals surface area contributed by atoms with Gasteiger partial charge in [-0.1, -0.05) is 42.0 Å². The molecule has 1 saturated heterocycles. The first-order valence-electron chi connectivity index (χ1n) is 7.70. The largest absolute Gasteiger partial charge is 0.446 e. The van der Waals surface area contributed by atoms with E-state index in [-0.39, 0.29) is 12.0 Å². The number of carbonyl (C=O) groups excluding carboxylic acids is 2. The summed E-state index contributed by atoms with van der Waals surface area (Å²) in [6, 6.07) is 9.82. The van der Waals surface area contributed by atoms with E-state index < -0.39 is 12.1 Å². The Morgan fingerprint density at radius 2 is 1.95 bits per heavy atom. The van der Waals surface area contributed by atoms with Crippen LogP contribution in [0.1, 0.15) is 31.2 Å². The molecule has 0 spiro atoms. The molecule has 0 unspecified atom stereocenters. The zero-order valence-corrected chi connectivity index (χ0v) is 12.4. The van der Waals surface area contributed by atoms with Crippen LogP contribution in [0.5, 0.6) is 0 Å². The zero-order valence-electron chi connectivity index (χ0n) is 12.4. The van der Waals surface area contributed by atoms with Crippen LogP contribution < -0.4 is 10.6 Å². The van der Waals surface area contributed by atoms with Crippen molar-refractivity contribution in [1.82, 2.24) is 10.6 Å². The monoisotopic (exact) mass is 300 g/mol. The lowest BCUT2D eigenvalue weighted by Crippen LogP contribution is -2.62. The Morgan fingerprint density at radius 3 is 2.55 bits per heavy atom. The molecule has 1 atom stereocenters. The molecular formula is C17H20N2O3. The van der Waals surface area contributed by atoms with E-state index in [2.05, 4.69) is 28.8 Å². The number of benzene rings is 1. The van der Waals surface area contributed by atoms with Crippen molar-refractivity contribution >= 4 is 18.1 Å². The second-order valence-corrected chi connectivity index (χ2v) is 5.76. The zero-order chi connectivity index (χ0) is 15.4. The van der Waals surface area contributed by atoms with Crippen LogP contribution in [0.2, 0.25) is 0 Å². The number of ether oxygens (including phenoxy) is 1. The predicted molar refractivity (Wildman–Crippen MR) is 83.1 cm³/mol. The van der Waals surface area contributed by atoms with Crippen LogP contribution in [0, 0.1) is 0 Å². The van der Waals surface area contributed by atoms with Gasteiger partial charge in [-0.2, -0.15) is 0 Å². The van der Waals surface area contributed by atoms with E-state index in [9.17, 15) is 9.59 Å². The number of amides is 2. The number of β-lactam (4-membered cyclic amide) rings is 1. The summed E-state index contributed by atoms with van der Waals surface area (Å²) < 4.78 is 5.39. The number of allylic oxidation sites excluding steroid dienone is 1. The third kappa shape index (κ3) is 3.67. The Balaban J connectivity index is 1.44. The maximum atomic E-state index is 11.7. The highest BCUT2D eigenvalue weighted by Gasteiger charge is 2.30. The van der Waals surface area contributed by atoms with Crippen molar-refractivity contribution in [3.05, 3.63) is 41.5 Å². The van der Waals surface area contributed by atoms with Gasteiger partial charge in [0.15, 0.2) is 0 Å². The van der Waals surface area contributed by atoms with Crippen molar-refractivity contribution in [3.63, 3.8) is 0 Å². The summed E-state index contributed by atoms with van der Waals surface area (Å²) in [6.07, 6.45) is 5.23. The molecule has 1 aliphatic carbocycles. The van der Waals surface area contributed by atoms with Crippen LogP contribution >= 0.6 is 0 Å². The van der Waals surface area contributed by atoms with Gasteiger partial charge < -0.3 is 15.4 Å². The van der Waals surface area contributed by atoms with Gasteiger partial charge in [0.05, 0.1) is 0 Å². The fourth-order valence-corrected chi connectivity index (χ4v) is 2.74. The first-order chi connectivity index (χ1) is 10.7. The van der Waals surface area contributed by atoms with Crippen LogP contribution in [0.15, 0.2) is 35.9 Å². The van der Waals surface area contributed by atoms with Crippen molar-refractivity contribution in [3.8, 4) is 0 Å². The van der Waals surface area contributed by atoms with Gasteiger partial charge in [-0.05, 0) is 31.2 Å². The Bertz CT molecular complexity index is 573. The molecule has 1 aromatic rings. The molecule has 0 bridgehead atoms. The van der Waals surface area contributed by atoms with Gasteiger partial charge in [-0.25, -0.2) is 4.79 Å². The molecule has 2 amide bonds. The molecule has 5 nitrogen and oxygen atoms in total. The number of hydrogen-bond acceptors (Lipinski definition) is 3. The number of hydrogen-bond donors (Lipinski definition) is 2. The lowest BCUT2D eigenvalue weighted by atomic mass is 9.91. The van der Waals surface area contributed by atoms with E-state index in [1.54, 1.807) is 0 Å². The molecule has 1 heterocycles. The van der Waals surface area contributed by atoms with Gasteiger partial charge in [0.2, 0.25) is 5.91 Å². The van der Waals surface area contributed by atoms with E-state index in [4.69, 9.17) is 4.74 Å². The predicted octanol–water partition coefficient (Wildman–Crippen LogP) is 2.24.